The largest absolute Gasteiger partial charge is 0.343 e. The maximum Gasteiger partial charge on any atom is 0.0945 e. The molecule has 0 atom stereocenters. The van der Waals surface area contributed by atoms with Gasteiger partial charge in [-0.25, -0.2) is 4.98 Å². The van der Waals surface area contributed by atoms with Crippen molar-refractivity contribution in [2.24, 2.45) is 0 Å². The van der Waals surface area contributed by atoms with Gasteiger partial charge in [0, 0.05) is 54.2 Å². The molecule has 4 rings (SSSR count). The van der Waals surface area contributed by atoms with E-state index in [1.807, 2.05) is 36.9 Å². The first kappa shape index (κ1) is 20.5. The van der Waals surface area contributed by atoms with Crippen molar-refractivity contribution in [1.29, 1.82) is 0 Å². The predicted molar refractivity (Wildman–Crippen MR) is 118 cm³/mol. The number of hydrogen-bond acceptors (Lipinski definition) is 2. The Labute approximate surface area is 176 Å². The topological polar surface area (TPSA) is 34.8 Å². The zero-order chi connectivity index (χ0) is 18.5. The summed E-state index contributed by atoms with van der Waals surface area (Å²) in [6, 6.07) is 16.6. The highest BCUT2D eigenvalue weighted by Crippen LogP contribution is 2.24. The van der Waals surface area contributed by atoms with Crippen molar-refractivity contribution in [2.45, 2.75) is 26.1 Å². The average molecular weight is 415 g/mol. The molecule has 0 aliphatic heterocycles. The molecule has 2 aromatic carbocycles. The number of para-hydroxylation sites is 1. The molecule has 146 valence electrons. The molecule has 4 aromatic rings. The molecule has 0 radical (unpaired) electrons. The number of benzene rings is 2. The van der Waals surface area contributed by atoms with Gasteiger partial charge in [-0.1, -0.05) is 48.0 Å². The number of hydrogen-bond donors (Lipinski definition) is 1. The lowest BCUT2D eigenvalue weighted by Crippen LogP contribution is -2.16. The van der Waals surface area contributed by atoms with Crippen LogP contribution in [0.25, 0.3) is 10.9 Å². The number of aryl methyl sites for hydroxylation is 1. The summed E-state index contributed by atoms with van der Waals surface area (Å²) in [5.74, 6) is 0. The fraction of sp³-hybridized carbons (Fsp3) is 0.227. The Morgan fingerprint density at radius 1 is 1.00 bits per heavy atom. The molecule has 0 aliphatic carbocycles. The van der Waals surface area contributed by atoms with Crippen molar-refractivity contribution in [3.05, 3.63) is 89.6 Å². The van der Waals surface area contributed by atoms with Crippen molar-refractivity contribution < 1.29 is 0 Å². The van der Waals surface area contributed by atoms with Gasteiger partial charge in [0.25, 0.3) is 0 Å². The Balaban J connectivity index is 0.00000225. The van der Waals surface area contributed by atoms with Crippen LogP contribution >= 0.6 is 24.0 Å². The Morgan fingerprint density at radius 3 is 2.64 bits per heavy atom. The van der Waals surface area contributed by atoms with Gasteiger partial charge in [0.1, 0.15) is 0 Å². The van der Waals surface area contributed by atoms with Crippen LogP contribution in [0.2, 0.25) is 5.02 Å². The summed E-state index contributed by atoms with van der Waals surface area (Å²) in [7, 11) is 0. The van der Waals surface area contributed by atoms with E-state index >= 15 is 0 Å². The Kier molecular flexibility index (Phi) is 7.15. The minimum atomic E-state index is 0. The van der Waals surface area contributed by atoms with Gasteiger partial charge in [-0.05, 0) is 36.2 Å². The molecule has 0 spiro atoms. The molecule has 2 heterocycles. The van der Waals surface area contributed by atoms with E-state index in [1.165, 1.54) is 16.5 Å². The zero-order valence-electron chi connectivity index (χ0n) is 15.6. The predicted octanol–water partition coefficient (Wildman–Crippen LogP) is 5.14. The van der Waals surface area contributed by atoms with Gasteiger partial charge < -0.3 is 14.5 Å². The molecule has 6 heteroatoms. The first-order chi connectivity index (χ1) is 13.3. The molecule has 0 bridgehead atoms. The van der Waals surface area contributed by atoms with Crippen LogP contribution in [0.1, 0.15) is 17.5 Å². The van der Waals surface area contributed by atoms with Gasteiger partial charge in [-0.3, -0.25) is 0 Å². The van der Waals surface area contributed by atoms with Gasteiger partial charge in [0.05, 0.1) is 6.33 Å². The number of nitrogens with one attached hydrogen (secondary N) is 1. The minimum absolute atomic E-state index is 0. The van der Waals surface area contributed by atoms with Gasteiger partial charge in [-0.2, -0.15) is 0 Å². The molecule has 0 fully saturated rings. The third-order valence-corrected chi connectivity index (χ3v) is 5.18. The second kappa shape index (κ2) is 9.78. The molecule has 2 aromatic heterocycles. The lowest BCUT2D eigenvalue weighted by atomic mass is 10.2. The van der Waals surface area contributed by atoms with Gasteiger partial charge >= 0.3 is 0 Å². The minimum Gasteiger partial charge on any atom is -0.343 e. The molecular weight excluding hydrogens is 391 g/mol. The van der Waals surface area contributed by atoms with E-state index in [-0.39, 0.29) is 12.4 Å². The van der Waals surface area contributed by atoms with Gasteiger partial charge in [0.2, 0.25) is 0 Å². The number of nitrogens with zero attached hydrogens (tertiary/aromatic N) is 3. The van der Waals surface area contributed by atoms with E-state index in [9.17, 15) is 0 Å². The van der Waals surface area contributed by atoms with Crippen LogP contribution in [0.5, 0.6) is 0 Å². The van der Waals surface area contributed by atoms with E-state index in [4.69, 9.17) is 11.6 Å². The van der Waals surface area contributed by atoms with Crippen LogP contribution in [0.15, 0.2) is 73.4 Å². The molecule has 0 saturated heterocycles. The summed E-state index contributed by atoms with van der Waals surface area (Å²) in [6.45, 7) is 3.60. The molecular formula is C22H24Cl2N4. The Morgan fingerprint density at radius 2 is 1.82 bits per heavy atom. The van der Waals surface area contributed by atoms with Crippen molar-refractivity contribution in [2.75, 3.05) is 6.54 Å². The fourth-order valence-electron chi connectivity index (χ4n) is 3.43. The number of rotatable bonds is 8. The quantitative estimate of drug-likeness (QED) is 0.405. The lowest BCUT2D eigenvalue weighted by Gasteiger charge is -2.07. The van der Waals surface area contributed by atoms with E-state index in [1.54, 1.807) is 0 Å². The summed E-state index contributed by atoms with van der Waals surface area (Å²) >= 11 is 6.36. The van der Waals surface area contributed by atoms with Crippen LogP contribution < -0.4 is 5.32 Å². The van der Waals surface area contributed by atoms with Crippen LogP contribution in [0, 0.1) is 0 Å². The molecule has 4 nitrogen and oxygen atoms in total. The molecule has 0 saturated carbocycles. The number of aromatic nitrogens is 3. The number of halogens is 2. The third kappa shape index (κ3) is 4.76. The van der Waals surface area contributed by atoms with E-state index in [2.05, 4.69) is 56.0 Å². The highest BCUT2D eigenvalue weighted by atomic mass is 35.5. The van der Waals surface area contributed by atoms with Crippen molar-refractivity contribution in [3.63, 3.8) is 0 Å². The number of imidazole rings is 1. The SMILES string of the molecule is Cl.Clc1ccccc1Cn1cc(CNCCCn2ccnc2)c2ccccc21. The van der Waals surface area contributed by atoms with E-state index < -0.39 is 0 Å². The second-order valence-corrected chi connectivity index (χ2v) is 7.13. The zero-order valence-corrected chi connectivity index (χ0v) is 17.2. The Hall–Kier alpha value is -2.27. The van der Waals surface area contributed by atoms with Crippen molar-refractivity contribution in [3.8, 4) is 0 Å². The Bertz CT molecular complexity index is 1010. The maximum atomic E-state index is 6.36. The van der Waals surface area contributed by atoms with Crippen LogP contribution in [0.4, 0.5) is 0 Å². The monoisotopic (exact) mass is 414 g/mol. The van der Waals surface area contributed by atoms with Crippen molar-refractivity contribution in [1.82, 2.24) is 19.4 Å². The molecule has 0 aliphatic rings. The molecule has 1 N–H and O–H groups in total. The fourth-order valence-corrected chi connectivity index (χ4v) is 3.63. The normalized spacial score (nSPS) is 10.9. The first-order valence-electron chi connectivity index (χ1n) is 9.28. The number of fused-ring (bicyclic) bond motifs is 1. The third-order valence-electron chi connectivity index (χ3n) is 4.81. The standard InChI is InChI=1S/C22H23ClN4.ClH/c23-21-8-3-1-6-18(21)15-27-16-19(20-7-2-4-9-22(20)27)14-24-10-5-12-26-13-11-25-17-26;/h1-4,6-9,11,13,16-17,24H,5,10,12,14-15H2;1H. The summed E-state index contributed by atoms with van der Waals surface area (Å²) in [5, 5.41) is 5.68. The lowest BCUT2D eigenvalue weighted by molar-refractivity contribution is 0.581. The summed E-state index contributed by atoms with van der Waals surface area (Å²) in [6.07, 6.45) is 9.01. The van der Waals surface area contributed by atoms with E-state index in [0.29, 0.717) is 0 Å². The second-order valence-electron chi connectivity index (χ2n) is 6.72. The van der Waals surface area contributed by atoms with Crippen LogP contribution in [0.3, 0.4) is 0 Å². The summed E-state index contributed by atoms with van der Waals surface area (Å²) < 4.78 is 4.40. The molecule has 0 amide bonds. The van der Waals surface area contributed by atoms with Crippen molar-refractivity contribution >= 4 is 34.9 Å². The average Bonchev–Trinajstić information content (AvgIpc) is 3.32. The highest BCUT2D eigenvalue weighted by Gasteiger charge is 2.09. The summed E-state index contributed by atoms with van der Waals surface area (Å²) in [5.41, 5.74) is 3.70. The highest BCUT2D eigenvalue weighted by molar-refractivity contribution is 6.31. The maximum absolute atomic E-state index is 6.36. The molecule has 28 heavy (non-hydrogen) atoms. The smallest absolute Gasteiger partial charge is 0.0945 e. The summed E-state index contributed by atoms with van der Waals surface area (Å²) in [4.78, 5) is 4.08. The van der Waals surface area contributed by atoms with Crippen LogP contribution in [-0.4, -0.2) is 20.7 Å². The molecule has 0 unspecified atom stereocenters. The van der Waals surface area contributed by atoms with Crippen LogP contribution in [-0.2, 0) is 19.6 Å². The first-order valence-corrected chi connectivity index (χ1v) is 9.65. The van der Waals surface area contributed by atoms with Gasteiger partial charge in [0.15, 0.2) is 0 Å². The van der Waals surface area contributed by atoms with Gasteiger partial charge in [-0.15, -0.1) is 12.4 Å². The van der Waals surface area contributed by atoms with E-state index in [0.717, 1.165) is 43.2 Å².